The van der Waals surface area contributed by atoms with Crippen molar-refractivity contribution in [3.05, 3.63) is 12.2 Å². The summed E-state index contributed by atoms with van der Waals surface area (Å²) < 4.78 is 30.4. The van der Waals surface area contributed by atoms with Gasteiger partial charge in [-0.15, -0.1) is 0 Å². The Bertz CT molecular complexity index is 604. The van der Waals surface area contributed by atoms with Gasteiger partial charge in [0.1, 0.15) is 12.4 Å². The van der Waals surface area contributed by atoms with Crippen molar-refractivity contribution in [1.82, 2.24) is 0 Å². The minimum absolute atomic E-state index is 0.0653. The van der Waals surface area contributed by atoms with Crippen molar-refractivity contribution in [2.45, 2.75) is 113 Å². The van der Waals surface area contributed by atoms with Crippen molar-refractivity contribution in [3.63, 3.8) is 0 Å². The zero-order chi connectivity index (χ0) is 20.6. The summed E-state index contributed by atoms with van der Waals surface area (Å²) in [5.74, 6) is -0.616. The molecule has 29 heavy (non-hydrogen) atoms. The molecule has 4 heterocycles. The number of rotatable bonds is 5. The third kappa shape index (κ3) is 4.92. The SMILES string of the molecule is C=C1CCC(CCC=O)OC1C[C@@H]1OC2CC3OC(C)(C)OCC3OC2CC1O. The van der Waals surface area contributed by atoms with Crippen LogP contribution >= 0.6 is 0 Å². The van der Waals surface area contributed by atoms with Gasteiger partial charge in [0, 0.05) is 25.7 Å². The fourth-order valence-corrected chi connectivity index (χ4v) is 4.96. The highest BCUT2D eigenvalue weighted by molar-refractivity contribution is 5.49. The monoisotopic (exact) mass is 410 g/mol. The Labute approximate surface area is 172 Å². The van der Waals surface area contributed by atoms with Crippen LogP contribution in [0.3, 0.4) is 0 Å². The summed E-state index contributed by atoms with van der Waals surface area (Å²) >= 11 is 0. The van der Waals surface area contributed by atoms with E-state index in [-0.39, 0.29) is 42.7 Å². The van der Waals surface area contributed by atoms with Crippen LogP contribution in [0.15, 0.2) is 12.2 Å². The van der Waals surface area contributed by atoms with Gasteiger partial charge in [-0.05, 0) is 38.7 Å². The molecule has 0 aromatic heterocycles. The molecular formula is C22H34O7. The molecule has 4 saturated heterocycles. The Hall–Kier alpha value is -0.830. The summed E-state index contributed by atoms with van der Waals surface area (Å²) in [6, 6.07) is 0. The maximum atomic E-state index is 10.7. The molecule has 4 rings (SSSR count). The number of hydrogen-bond acceptors (Lipinski definition) is 7. The van der Waals surface area contributed by atoms with E-state index in [1.54, 1.807) is 0 Å². The molecule has 4 fully saturated rings. The van der Waals surface area contributed by atoms with E-state index in [4.69, 9.17) is 23.7 Å². The first-order valence-electron chi connectivity index (χ1n) is 10.9. The number of aliphatic hydroxyl groups excluding tert-OH is 1. The molecule has 8 atom stereocenters. The van der Waals surface area contributed by atoms with E-state index in [1.165, 1.54) is 0 Å². The highest BCUT2D eigenvalue weighted by Crippen LogP contribution is 2.39. The summed E-state index contributed by atoms with van der Waals surface area (Å²) in [6.45, 7) is 8.49. The Morgan fingerprint density at radius 3 is 2.72 bits per heavy atom. The molecule has 0 radical (unpaired) electrons. The molecule has 0 bridgehead atoms. The van der Waals surface area contributed by atoms with E-state index in [0.717, 1.165) is 37.5 Å². The van der Waals surface area contributed by atoms with E-state index in [1.807, 2.05) is 13.8 Å². The number of carbonyl (C=O) groups is 1. The van der Waals surface area contributed by atoms with Crippen molar-refractivity contribution >= 4 is 6.29 Å². The maximum absolute atomic E-state index is 10.7. The Morgan fingerprint density at radius 1 is 1.14 bits per heavy atom. The van der Waals surface area contributed by atoms with Gasteiger partial charge in [-0.25, -0.2) is 0 Å². The van der Waals surface area contributed by atoms with Crippen molar-refractivity contribution in [3.8, 4) is 0 Å². The summed E-state index contributed by atoms with van der Waals surface area (Å²) in [5.41, 5.74) is 1.04. The molecular weight excluding hydrogens is 376 g/mol. The van der Waals surface area contributed by atoms with Crippen molar-refractivity contribution < 1.29 is 33.6 Å². The lowest BCUT2D eigenvalue weighted by Crippen LogP contribution is -2.61. The highest BCUT2D eigenvalue weighted by Gasteiger charge is 2.49. The average molecular weight is 411 g/mol. The molecule has 0 spiro atoms. The molecule has 1 N–H and O–H groups in total. The first kappa shape index (κ1) is 21.4. The zero-order valence-corrected chi connectivity index (χ0v) is 17.5. The van der Waals surface area contributed by atoms with Crippen LogP contribution in [-0.4, -0.2) is 72.6 Å². The van der Waals surface area contributed by atoms with E-state index in [2.05, 4.69) is 6.58 Å². The van der Waals surface area contributed by atoms with Crippen LogP contribution in [-0.2, 0) is 28.5 Å². The molecule has 0 aliphatic carbocycles. The molecule has 4 aliphatic rings. The molecule has 7 heteroatoms. The lowest BCUT2D eigenvalue weighted by Gasteiger charge is -2.51. The number of aldehydes is 1. The largest absolute Gasteiger partial charge is 0.390 e. The third-order valence-electron chi connectivity index (χ3n) is 6.58. The van der Waals surface area contributed by atoms with Gasteiger partial charge in [-0.1, -0.05) is 6.58 Å². The van der Waals surface area contributed by atoms with Gasteiger partial charge in [0.2, 0.25) is 0 Å². The minimum Gasteiger partial charge on any atom is -0.390 e. The van der Waals surface area contributed by atoms with Crippen molar-refractivity contribution in [1.29, 1.82) is 0 Å². The third-order valence-corrected chi connectivity index (χ3v) is 6.58. The smallest absolute Gasteiger partial charge is 0.163 e. The molecule has 0 saturated carbocycles. The maximum Gasteiger partial charge on any atom is 0.163 e. The minimum atomic E-state index is -0.616. The van der Waals surface area contributed by atoms with Crippen LogP contribution in [0.25, 0.3) is 0 Å². The Balaban J connectivity index is 1.36. The van der Waals surface area contributed by atoms with Gasteiger partial charge >= 0.3 is 0 Å². The van der Waals surface area contributed by atoms with Gasteiger partial charge in [0.05, 0.1) is 49.3 Å². The summed E-state index contributed by atoms with van der Waals surface area (Å²) in [6.07, 6.45) is 4.37. The molecule has 4 aliphatic heterocycles. The van der Waals surface area contributed by atoms with Gasteiger partial charge in [0.25, 0.3) is 0 Å². The van der Waals surface area contributed by atoms with Gasteiger partial charge < -0.3 is 33.6 Å². The van der Waals surface area contributed by atoms with E-state index in [0.29, 0.717) is 25.9 Å². The first-order chi connectivity index (χ1) is 13.8. The number of ether oxygens (including phenoxy) is 5. The normalized spacial score (nSPS) is 44.6. The molecule has 0 aromatic carbocycles. The average Bonchev–Trinajstić information content (AvgIpc) is 2.67. The molecule has 7 unspecified atom stereocenters. The van der Waals surface area contributed by atoms with E-state index in [9.17, 15) is 9.90 Å². The Morgan fingerprint density at radius 2 is 1.93 bits per heavy atom. The molecule has 0 amide bonds. The predicted octanol–water partition coefficient (Wildman–Crippen LogP) is 2.29. The fourth-order valence-electron chi connectivity index (χ4n) is 4.96. The number of aliphatic hydroxyl groups is 1. The topological polar surface area (TPSA) is 83.5 Å². The van der Waals surface area contributed by atoms with E-state index >= 15 is 0 Å². The van der Waals surface area contributed by atoms with Crippen molar-refractivity contribution in [2.75, 3.05) is 6.61 Å². The second-order valence-corrected chi connectivity index (χ2v) is 9.26. The quantitative estimate of drug-likeness (QED) is 0.550. The summed E-state index contributed by atoms with van der Waals surface area (Å²) in [7, 11) is 0. The van der Waals surface area contributed by atoms with Crippen molar-refractivity contribution in [2.24, 2.45) is 0 Å². The number of carbonyl (C=O) groups excluding carboxylic acids is 1. The lowest BCUT2D eigenvalue weighted by molar-refractivity contribution is -0.349. The van der Waals surface area contributed by atoms with Gasteiger partial charge in [-0.2, -0.15) is 0 Å². The van der Waals surface area contributed by atoms with Crippen LogP contribution in [0.1, 0.15) is 58.8 Å². The summed E-state index contributed by atoms with van der Waals surface area (Å²) in [4.78, 5) is 10.7. The van der Waals surface area contributed by atoms with Crippen LogP contribution in [0.5, 0.6) is 0 Å². The van der Waals surface area contributed by atoms with Crippen LogP contribution < -0.4 is 0 Å². The van der Waals surface area contributed by atoms with Gasteiger partial charge in [0.15, 0.2) is 5.79 Å². The standard InChI is InChI=1S/C22H34O7/c1-13-6-7-14(5-4-8-23)26-16(13)10-17-15(24)9-18-19(27-17)11-20-21(28-18)12-25-22(2,3)29-20/h8,14-21,24H,1,4-7,9-12H2,2-3H3/t14?,15?,16?,17-,18?,19?,20?,21?/m0/s1. The second-order valence-electron chi connectivity index (χ2n) is 9.26. The number of fused-ring (bicyclic) bond motifs is 2. The first-order valence-corrected chi connectivity index (χ1v) is 10.9. The van der Waals surface area contributed by atoms with Crippen LogP contribution in [0, 0.1) is 0 Å². The lowest BCUT2D eigenvalue weighted by atomic mass is 9.86. The molecule has 7 nitrogen and oxygen atoms in total. The molecule has 164 valence electrons. The zero-order valence-electron chi connectivity index (χ0n) is 17.5. The Kier molecular flexibility index (Phi) is 6.44. The van der Waals surface area contributed by atoms with Crippen LogP contribution in [0.4, 0.5) is 0 Å². The highest BCUT2D eigenvalue weighted by atomic mass is 16.7. The predicted molar refractivity (Wildman–Crippen MR) is 104 cm³/mol. The second kappa shape index (κ2) is 8.73. The summed E-state index contributed by atoms with van der Waals surface area (Å²) in [5, 5.41) is 10.7. The van der Waals surface area contributed by atoms with E-state index < -0.39 is 11.9 Å². The molecule has 0 aromatic rings. The number of hydrogen-bond donors (Lipinski definition) is 1. The van der Waals surface area contributed by atoms with Crippen LogP contribution in [0.2, 0.25) is 0 Å². The van der Waals surface area contributed by atoms with Gasteiger partial charge in [-0.3, -0.25) is 0 Å². The fraction of sp³-hybridized carbons (Fsp3) is 0.864.